The van der Waals surface area contributed by atoms with Gasteiger partial charge in [0.25, 0.3) is 0 Å². The van der Waals surface area contributed by atoms with Crippen LogP contribution in [-0.2, 0) is 0 Å². The highest BCUT2D eigenvalue weighted by Crippen LogP contribution is 2.30. The molecule has 0 amide bonds. The van der Waals surface area contributed by atoms with Gasteiger partial charge in [0.15, 0.2) is 0 Å². The molecular formula is C15H24BrN3O. The summed E-state index contributed by atoms with van der Waals surface area (Å²) in [5.41, 5.74) is 0. The van der Waals surface area contributed by atoms with Crippen molar-refractivity contribution in [3.05, 3.63) is 10.7 Å². The largest absolute Gasteiger partial charge is 0.477 e. The molecule has 0 aliphatic heterocycles. The SMILES string of the molecule is CCOc1nc(NCC2CCC(CC)CC2)ncc1Br. The zero-order valence-electron chi connectivity index (χ0n) is 12.4. The molecule has 1 aromatic rings. The number of hydrogen-bond acceptors (Lipinski definition) is 4. The minimum absolute atomic E-state index is 0.607. The fraction of sp³-hybridized carbons (Fsp3) is 0.733. The van der Waals surface area contributed by atoms with Crippen LogP contribution in [0.3, 0.4) is 0 Å². The van der Waals surface area contributed by atoms with E-state index in [9.17, 15) is 0 Å². The molecule has 0 unspecified atom stereocenters. The highest BCUT2D eigenvalue weighted by atomic mass is 79.9. The number of anilines is 1. The van der Waals surface area contributed by atoms with E-state index in [4.69, 9.17) is 4.74 Å². The molecule has 1 aliphatic rings. The smallest absolute Gasteiger partial charge is 0.232 e. The molecule has 0 aromatic carbocycles. The van der Waals surface area contributed by atoms with E-state index in [1.165, 1.54) is 32.1 Å². The second kappa shape index (κ2) is 7.81. The Labute approximate surface area is 129 Å². The number of nitrogens with zero attached hydrogens (tertiary/aromatic N) is 2. The predicted molar refractivity (Wildman–Crippen MR) is 85.1 cm³/mol. The van der Waals surface area contributed by atoms with Crippen LogP contribution in [0.2, 0.25) is 0 Å². The summed E-state index contributed by atoms with van der Waals surface area (Å²) in [4.78, 5) is 8.67. The van der Waals surface area contributed by atoms with Gasteiger partial charge in [0, 0.05) is 6.54 Å². The van der Waals surface area contributed by atoms with Gasteiger partial charge in [-0.2, -0.15) is 4.98 Å². The first-order valence-corrected chi connectivity index (χ1v) is 8.41. The second-order valence-electron chi connectivity index (χ2n) is 5.46. The minimum atomic E-state index is 0.607. The molecule has 0 atom stereocenters. The van der Waals surface area contributed by atoms with E-state index in [0.29, 0.717) is 18.4 Å². The summed E-state index contributed by atoms with van der Waals surface area (Å²) in [6, 6.07) is 0. The molecular weight excluding hydrogens is 318 g/mol. The average molecular weight is 342 g/mol. The Bertz CT molecular complexity index is 420. The lowest BCUT2D eigenvalue weighted by Gasteiger charge is -2.27. The van der Waals surface area contributed by atoms with Crippen molar-refractivity contribution in [3.8, 4) is 5.88 Å². The summed E-state index contributed by atoms with van der Waals surface area (Å²) in [5, 5.41) is 3.35. The summed E-state index contributed by atoms with van der Waals surface area (Å²) in [5.74, 6) is 2.97. The van der Waals surface area contributed by atoms with Gasteiger partial charge in [-0.1, -0.05) is 26.2 Å². The van der Waals surface area contributed by atoms with Crippen molar-refractivity contribution in [2.24, 2.45) is 11.8 Å². The highest BCUT2D eigenvalue weighted by molar-refractivity contribution is 9.10. The lowest BCUT2D eigenvalue weighted by atomic mass is 9.81. The summed E-state index contributed by atoms with van der Waals surface area (Å²) in [6.07, 6.45) is 8.45. The monoisotopic (exact) mass is 341 g/mol. The average Bonchev–Trinajstić information content (AvgIpc) is 2.49. The number of ether oxygens (including phenoxy) is 1. The maximum absolute atomic E-state index is 5.46. The maximum Gasteiger partial charge on any atom is 0.232 e. The van der Waals surface area contributed by atoms with Crippen LogP contribution >= 0.6 is 15.9 Å². The number of aromatic nitrogens is 2. The Kier molecular flexibility index (Phi) is 6.07. The first kappa shape index (κ1) is 15.5. The van der Waals surface area contributed by atoms with Gasteiger partial charge in [-0.15, -0.1) is 0 Å². The Hall–Kier alpha value is -0.840. The van der Waals surface area contributed by atoms with E-state index in [1.54, 1.807) is 6.20 Å². The summed E-state index contributed by atoms with van der Waals surface area (Å²) in [7, 11) is 0. The zero-order chi connectivity index (χ0) is 14.4. The maximum atomic E-state index is 5.46. The topological polar surface area (TPSA) is 47.0 Å². The standard InChI is InChI=1S/C15H24BrN3O/c1-3-11-5-7-12(8-6-11)9-17-15-18-10-13(16)14(19-15)20-4-2/h10-12H,3-9H2,1-2H3,(H,17,18,19). The number of nitrogens with one attached hydrogen (secondary N) is 1. The predicted octanol–water partition coefficient (Wildman–Crippen LogP) is 4.27. The van der Waals surface area contributed by atoms with Gasteiger partial charge >= 0.3 is 0 Å². The fourth-order valence-electron chi connectivity index (χ4n) is 2.75. The van der Waals surface area contributed by atoms with Gasteiger partial charge in [-0.25, -0.2) is 4.98 Å². The van der Waals surface area contributed by atoms with Crippen LogP contribution in [0.4, 0.5) is 5.95 Å². The third-order valence-electron chi connectivity index (χ3n) is 4.09. The molecule has 0 spiro atoms. The molecule has 0 bridgehead atoms. The summed E-state index contributed by atoms with van der Waals surface area (Å²) in [6.45, 7) is 5.82. The summed E-state index contributed by atoms with van der Waals surface area (Å²) < 4.78 is 6.26. The van der Waals surface area contributed by atoms with Crippen LogP contribution in [-0.4, -0.2) is 23.1 Å². The van der Waals surface area contributed by atoms with Gasteiger partial charge in [0.05, 0.1) is 17.3 Å². The van der Waals surface area contributed by atoms with Crippen LogP contribution in [0.25, 0.3) is 0 Å². The molecule has 1 aliphatic carbocycles. The van der Waals surface area contributed by atoms with Crippen LogP contribution < -0.4 is 10.1 Å². The Morgan fingerprint density at radius 1 is 1.25 bits per heavy atom. The Balaban J connectivity index is 1.83. The van der Waals surface area contributed by atoms with E-state index >= 15 is 0 Å². The molecule has 112 valence electrons. The van der Waals surface area contributed by atoms with E-state index in [1.807, 2.05) is 6.92 Å². The third kappa shape index (κ3) is 4.33. The third-order valence-corrected chi connectivity index (χ3v) is 4.63. The summed E-state index contributed by atoms with van der Waals surface area (Å²) >= 11 is 3.40. The normalized spacial score (nSPS) is 22.6. The van der Waals surface area contributed by atoms with Gasteiger partial charge in [0.1, 0.15) is 0 Å². The lowest BCUT2D eigenvalue weighted by molar-refractivity contribution is 0.278. The Morgan fingerprint density at radius 2 is 1.95 bits per heavy atom. The molecule has 2 rings (SSSR count). The molecule has 5 heteroatoms. The van der Waals surface area contributed by atoms with Crippen molar-refractivity contribution < 1.29 is 4.74 Å². The van der Waals surface area contributed by atoms with Gasteiger partial charge < -0.3 is 10.1 Å². The molecule has 0 radical (unpaired) electrons. The first-order chi connectivity index (χ1) is 9.72. The molecule has 1 fully saturated rings. The van der Waals surface area contributed by atoms with Crippen LogP contribution in [0.15, 0.2) is 10.7 Å². The zero-order valence-corrected chi connectivity index (χ0v) is 13.9. The molecule has 20 heavy (non-hydrogen) atoms. The second-order valence-corrected chi connectivity index (χ2v) is 6.31. The van der Waals surface area contributed by atoms with Gasteiger partial charge in [-0.05, 0) is 47.5 Å². The van der Waals surface area contributed by atoms with Crippen LogP contribution in [0.1, 0.15) is 46.0 Å². The van der Waals surface area contributed by atoms with Gasteiger partial charge in [0.2, 0.25) is 11.8 Å². The number of halogens is 1. The minimum Gasteiger partial charge on any atom is -0.477 e. The van der Waals surface area contributed by atoms with Crippen molar-refractivity contribution in [3.63, 3.8) is 0 Å². The highest BCUT2D eigenvalue weighted by Gasteiger charge is 2.20. The van der Waals surface area contributed by atoms with Gasteiger partial charge in [-0.3, -0.25) is 0 Å². The van der Waals surface area contributed by atoms with E-state index in [-0.39, 0.29) is 0 Å². The fourth-order valence-corrected chi connectivity index (χ4v) is 3.06. The number of hydrogen-bond donors (Lipinski definition) is 1. The number of rotatable bonds is 6. The molecule has 1 heterocycles. The lowest BCUT2D eigenvalue weighted by Crippen LogP contribution is -2.21. The molecule has 0 saturated heterocycles. The first-order valence-electron chi connectivity index (χ1n) is 7.62. The van der Waals surface area contributed by atoms with E-state index in [0.717, 1.165) is 22.9 Å². The van der Waals surface area contributed by atoms with Crippen molar-refractivity contribution in [1.29, 1.82) is 0 Å². The quantitative estimate of drug-likeness (QED) is 0.839. The van der Waals surface area contributed by atoms with Crippen molar-refractivity contribution in [2.75, 3.05) is 18.5 Å². The van der Waals surface area contributed by atoms with Crippen molar-refractivity contribution in [1.82, 2.24) is 9.97 Å². The molecule has 4 nitrogen and oxygen atoms in total. The van der Waals surface area contributed by atoms with Crippen molar-refractivity contribution in [2.45, 2.75) is 46.0 Å². The van der Waals surface area contributed by atoms with E-state index < -0.39 is 0 Å². The van der Waals surface area contributed by atoms with E-state index in [2.05, 4.69) is 38.1 Å². The van der Waals surface area contributed by atoms with Crippen LogP contribution in [0.5, 0.6) is 5.88 Å². The van der Waals surface area contributed by atoms with Crippen molar-refractivity contribution >= 4 is 21.9 Å². The molecule has 1 N–H and O–H groups in total. The molecule has 1 saturated carbocycles. The molecule has 1 aromatic heterocycles. The van der Waals surface area contributed by atoms with Crippen LogP contribution in [0, 0.1) is 11.8 Å². The Morgan fingerprint density at radius 3 is 2.60 bits per heavy atom.